The van der Waals surface area contributed by atoms with Crippen molar-refractivity contribution in [2.45, 2.75) is 13.8 Å². The molecule has 17 heavy (non-hydrogen) atoms. The summed E-state index contributed by atoms with van der Waals surface area (Å²) in [6.07, 6.45) is 0. The number of amides is 3. The van der Waals surface area contributed by atoms with Gasteiger partial charge in [0, 0.05) is 0 Å². The molecule has 1 aliphatic rings. The van der Waals surface area contributed by atoms with Gasteiger partial charge in [0.2, 0.25) is 17.7 Å². The molecule has 0 aromatic heterocycles. The van der Waals surface area contributed by atoms with Gasteiger partial charge in [-0.05, 0) is 13.8 Å². The predicted octanol–water partition coefficient (Wildman–Crippen LogP) is -1.76. The Morgan fingerprint density at radius 2 is 1.88 bits per heavy atom. The smallest absolute Gasteiger partial charge is 0.246 e. The van der Waals surface area contributed by atoms with Crippen LogP contribution in [-0.4, -0.2) is 46.8 Å². The van der Waals surface area contributed by atoms with E-state index in [2.05, 4.69) is 10.5 Å². The first-order valence-electron chi connectivity index (χ1n) is 4.89. The number of nitrogens with one attached hydrogen (secondary N) is 1. The Morgan fingerprint density at radius 1 is 1.41 bits per heavy atom. The highest BCUT2D eigenvalue weighted by Gasteiger charge is 2.39. The summed E-state index contributed by atoms with van der Waals surface area (Å²) >= 11 is 0. The molecular weight excluding hydrogens is 228 g/mol. The maximum absolute atomic E-state index is 12.0. The third-order valence-corrected chi connectivity index (χ3v) is 2.52. The molecule has 1 aliphatic heterocycles. The summed E-state index contributed by atoms with van der Waals surface area (Å²) < 4.78 is 0. The molecule has 8 nitrogen and oxygen atoms in total. The van der Waals surface area contributed by atoms with E-state index in [1.165, 1.54) is 13.8 Å². The molecule has 3 amide bonds. The summed E-state index contributed by atoms with van der Waals surface area (Å²) in [5, 5.41) is 13.4. The number of nitrogens with zero attached hydrogens (tertiary/aromatic N) is 2. The summed E-state index contributed by atoms with van der Waals surface area (Å²) in [6, 6.07) is 0. The quantitative estimate of drug-likeness (QED) is 0.174. The number of piperazine rings is 1. The van der Waals surface area contributed by atoms with Crippen LogP contribution in [0.15, 0.2) is 5.16 Å². The lowest BCUT2D eigenvalue weighted by Gasteiger charge is -2.32. The van der Waals surface area contributed by atoms with E-state index in [9.17, 15) is 14.4 Å². The summed E-state index contributed by atoms with van der Waals surface area (Å²) in [7, 11) is 0. The van der Waals surface area contributed by atoms with Crippen molar-refractivity contribution in [3.63, 3.8) is 0 Å². The van der Waals surface area contributed by atoms with Crippen LogP contribution in [0, 0.1) is 5.41 Å². The molecule has 0 aromatic carbocycles. The summed E-state index contributed by atoms with van der Waals surface area (Å²) in [6.45, 7) is 2.46. The number of carbonyl (C=O) groups is 3. The lowest BCUT2D eigenvalue weighted by atomic mass is 9.90. The first kappa shape index (κ1) is 12.9. The lowest BCUT2D eigenvalue weighted by Crippen LogP contribution is -2.57. The lowest BCUT2D eigenvalue weighted by molar-refractivity contribution is -0.148. The number of hydrogen-bond acceptors (Lipinski definition) is 5. The highest BCUT2D eigenvalue weighted by atomic mass is 16.4. The topological polar surface area (TPSA) is 125 Å². The SMILES string of the molecule is CC(C)(C(=O)N1CC(=O)NC(=O)C1)C(N)=NO. The van der Waals surface area contributed by atoms with Crippen molar-refractivity contribution in [2.24, 2.45) is 16.3 Å². The second kappa shape index (κ2) is 4.40. The largest absolute Gasteiger partial charge is 0.409 e. The maximum Gasteiger partial charge on any atom is 0.246 e. The van der Waals surface area contributed by atoms with E-state index in [0.29, 0.717) is 0 Å². The number of hydrogen-bond donors (Lipinski definition) is 3. The molecule has 0 radical (unpaired) electrons. The molecule has 0 saturated carbocycles. The van der Waals surface area contributed by atoms with Crippen molar-refractivity contribution < 1.29 is 19.6 Å². The first-order chi connectivity index (χ1) is 7.78. The van der Waals surface area contributed by atoms with E-state index in [1.54, 1.807) is 0 Å². The Hall–Kier alpha value is -2.12. The number of rotatable bonds is 2. The Morgan fingerprint density at radius 3 is 2.29 bits per heavy atom. The van der Waals surface area contributed by atoms with Gasteiger partial charge in [-0.3, -0.25) is 19.7 Å². The van der Waals surface area contributed by atoms with Gasteiger partial charge in [0.25, 0.3) is 0 Å². The van der Waals surface area contributed by atoms with Crippen LogP contribution in [-0.2, 0) is 14.4 Å². The first-order valence-corrected chi connectivity index (χ1v) is 4.89. The third kappa shape index (κ3) is 2.52. The van der Waals surface area contributed by atoms with Crippen LogP contribution >= 0.6 is 0 Å². The maximum atomic E-state index is 12.0. The van der Waals surface area contributed by atoms with E-state index in [4.69, 9.17) is 10.9 Å². The average Bonchev–Trinajstić information content (AvgIpc) is 2.25. The molecule has 0 aromatic rings. The van der Waals surface area contributed by atoms with Crippen molar-refractivity contribution in [3.8, 4) is 0 Å². The van der Waals surface area contributed by atoms with Crippen LogP contribution in [0.4, 0.5) is 0 Å². The normalized spacial score (nSPS) is 18.0. The van der Waals surface area contributed by atoms with Crippen LogP contribution < -0.4 is 11.1 Å². The van der Waals surface area contributed by atoms with Gasteiger partial charge in [-0.15, -0.1) is 0 Å². The molecule has 94 valence electrons. The number of carbonyl (C=O) groups excluding carboxylic acids is 3. The zero-order valence-corrected chi connectivity index (χ0v) is 9.56. The fraction of sp³-hybridized carbons (Fsp3) is 0.556. The Labute approximate surface area is 97.4 Å². The molecule has 0 aliphatic carbocycles. The predicted molar refractivity (Wildman–Crippen MR) is 56.9 cm³/mol. The van der Waals surface area contributed by atoms with Gasteiger partial charge in [-0.1, -0.05) is 5.16 Å². The van der Waals surface area contributed by atoms with Gasteiger partial charge in [-0.25, -0.2) is 0 Å². The highest BCUT2D eigenvalue weighted by molar-refractivity contribution is 6.09. The van der Waals surface area contributed by atoms with Crippen molar-refractivity contribution in [1.29, 1.82) is 0 Å². The Bertz CT molecular complexity index is 386. The van der Waals surface area contributed by atoms with E-state index < -0.39 is 23.1 Å². The molecular formula is C9H14N4O4. The van der Waals surface area contributed by atoms with Crippen molar-refractivity contribution in [2.75, 3.05) is 13.1 Å². The minimum Gasteiger partial charge on any atom is -0.409 e. The molecule has 0 bridgehead atoms. The number of nitrogens with two attached hydrogens (primary N) is 1. The van der Waals surface area contributed by atoms with Crippen LogP contribution in [0.2, 0.25) is 0 Å². The Kier molecular flexibility index (Phi) is 3.35. The zero-order chi connectivity index (χ0) is 13.2. The molecule has 8 heteroatoms. The Balaban J connectivity index is 2.90. The second-order valence-electron chi connectivity index (χ2n) is 4.24. The van der Waals surface area contributed by atoms with E-state index in [1.807, 2.05) is 0 Å². The van der Waals surface area contributed by atoms with Crippen molar-refractivity contribution in [3.05, 3.63) is 0 Å². The van der Waals surface area contributed by atoms with E-state index in [0.717, 1.165) is 4.90 Å². The summed E-state index contributed by atoms with van der Waals surface area (Å²) in [5.74, 6) is -1.92. The fourth-order valence-electron chi connectivity index (χ4n) is 1.41. The molecule has 1 fully saturated rings. The fourth-order valence-corrected chi connectivity index (χ4v) is 1.41. The van der Waals surface area contributed by atoms with Crippen LogP contribution in [0.1, 0.15) is 13.8 Å². The summed E-state index contributed by atoms with van der Waals surface area (Å²) in [5.41, 5.74) is 4.12. The number of oxime groups is 1. The summed E-state index contributed by atoms with van der Waals surface area (Å²) in [4.78, 5) is 35.3. The van der Waals surface area contributed by atoms with Gasteiger partial charge in [0.15, 0.2) is 5.84 Å². The van der Waals surface area contributed by atoms with Gasteiger partial charge < -0.3 is 15.8 Å². The molecule has 0 spiro atoms. The number of amidine groups is 1. The second-order valence-corrected chi connectivity index (χ2v) is 4.24. The zero-order valence-electron chi connectivity index (χ0n) is 9.56. The van der Waals surface area contributed by atoms with Gasteiger partial charge in [0.1, 0.15) is 18.5 Å². The van der Waals surface area contributed by atoms with Crippen molar-refractivity contribution >= 4 is 23.6 Å². The van der Waals surface area contributed by atoms with Gasteiger partial charge in [0.05, 0.1) is 0 Å². The molecule has 0 unspecified atom stereocenters. The minimum atomic E-state index is -1.27. The molecule has 0 atom stereocenters. The average molecular weight is 242 g/mol. The monoisotopic (exact) mass is 242 g/mol. The van der Waals surface area contributed by atoms with E-state index in [-0.39, 0.29) is 18.9 Å². The van der Waals surface area contributed by atoms with Crippen LogP contribution in [0.25, 0.3) is 0 Å². The third-order valence-electron chi connectivity index (χ3n) is 2.52. The standard InChI is InChI=1S/C9H14N4O4/c1-9(2,7(10)12-17)8(16)13-3-5(14)11-6(15)4-13/h17H,3-4H2,1-2H3,(H2,10,12)(H,11,14,15). The van der Waals surface area contributed by atoms with Crippen molar-refractivity contribution in [1.82, 2.24) is 10.2 Å². The number of imide groups is 1. The van der Waals surface area contributed by atoms with Gasteiger partial charge in [-0.2, -0.15) is 0 Å². The molecule has 1 rings (SSSR count). The molecule has 1 saturated heterocycles. The van der Waals surface area contributed by atoms with Gasteiger partial charge >= 0.3 is 0 Å². The minimum absolute atomic E-state index is 0.216. The molecule has 4 N–H and O–H groups in total. The highest BCUT2D eigenvalue weighted by Crippen LogP contribution is 2.19. The molecule has 1 heterocycles. The van der Waals surface area contributed by atoms with Crippen LogP contribution in [0.3, 0.4) is 0 Å². The van der Waals surface area contributed by atoms with Crippen LogP contribution in [0.5, 0.6) is 0 Å². The van der Waals surface area contributed by atoms with E-state index >= 15 is 0 Å².